The summed E-state index contributed by atoms with van der Waals surface area (Å²) < 4.78 is 2.08. The lowest BCUT2D eigenvalue weighted by Crippen LogP contribution is -2.14. The summed E-state index contributed by atoms with van der Waals surface area (Å²) in [7, 11) is 0. The number of aryl methyl sites for hydroxylation is 2. The Hall–Kier alpha value is -2.10. The normalized spacial score (nSPS) is 13.6. The van der Waals surface area contributed by atoms with Crippen molar-refractivity contribution in [2.45, 2.75) is 20.4 Å². The molecule has 4 heteroatoms. The number of nitrogens with two attached hydrogens (primary N) is 1. The number of nitrogens with zero attached hydrogens (tertiary/aromatic N) is 3. The first-order valence-electron chi connectivity index (χ1n) is 5.61. The quantitative estimate of drug-likeness (QED) is 0.743. The van der Waals surface area contributed by atoms with Gasteiger partial charge in [0.15, 0.2) is 0 Å². The van der Waals surface area contributed by atoms with Gasteiger partial charge in [-0.15, -0.1) is 0 Å². The fraction of sp³-hybridized carbons (Fsp3) is 0.231. The van der Waals surface area contributed by atoms with Crippen LogP contribution in [0.15, 0.2) is 29.5 Å². The van der Waals surface area contributed by atoms with Crippen molar-refractivity contribution in [1.29, 1.82) is 0 Å². The van der Waals surface area contributed by atoms with Gasteiger partial charge in [-0.1, -0.05) is 11.6 Å². The topological polar surface area (TPSA) is 56.2 Å². The molecule has 1 aromatic heterocycles. The highest BCUT2D eigenvalue weighted by atomic mass is 15.1. The molecule has 2 N–H and O–H groups in total. The summed E-state index contributed by atoms with van der Waals surface area (Å²) in [5.74, 6) is 0.604. The van der Waals surface area contributed by atoms with Crippen molar-refractivity contribution in [2.24, 2.45) is 10.7 Å². The van der Waals surface area contributed by atoms with Crippen molar-refractivity contribution in [1.82, 2.24) is 9.55 Å². The Kier molecular flexibility index (Phi) is 2.04. The molecule has 1 aliphatic heterocycles. The third-order valence-electron chi connectivity index (χ3n) is 3.16. The lowest BCUT2D eigenvalue weighted by atomic mass is 10.1. The zero-order valence-electron chi connectivity index (χ0n) is 9.94. The summed E-state index contributed by atoms with van der Waals surface area (Å²) >= 11 is 0. The largest absolute Gasteiger partial charge is 0.383 e. The average molecular weight is 226 g/mol. The first-order chi connectivity index (χ1) is 8.16. The first kappa shape index (κ1) is 10.1. The summed E-state index contributed by atoms with van der Waals surface area (Å²) in [6.45, 7) is 4.64. The van der Waals surface area contributed by atoms with Gasteiger partial charge in [-0.3, -0.25) is 4.99 Å². The molecule has 1 aromatic carbocycles. The molecule has 4 nitrogen and oxygen atoms in total. The van der Waals surface area contributed by atoms with Gasteiger partial charge in [0.25, 0.3) is 0 Å². The van der Waals surface area contributed by atoms with E-state index in [0.717, 1.165) is 22.6 Å². The van der Waals surface area contributed by atoms with Gasteiger partial charge >= 0.3 is 0 Å². The molecule has 1 aliphatic rings. The number of fused-ring (bicyclic) bond motifs is 3. The number of aromatic nitrogens is 2. The minimum absolute atomic E-state index is 0.589. The molecule has 2 heterocycles. The lowest BCUT2D eigenvalue weighted by molar-refractivity contribution is 0.913. The number of rotatable bonds is 0. The third-order valence-corrected chi connectivity index (χ3v) is 3.16. The molecular formula is C13H14N4. The highest BCUT2D eigenvalue weighted by Crippen LogP contribution is 2.23. The Balaban J connectivity index is 2.34. The fourth-order valence-electron chi connectivity index (χ4n) is 2.17. The van der Waals surface area contributed by atoms with Crippen LogP contribution in [0, 0.1) is 13.8 Å². The van der Waals surface area contributed by atoms with Crippen molar-refractivity contribution in [3.05, 3.63) is 47.0 Å². The second-order valence-corrected chi connectivity index (χ2v) is 4.37. The third kappa shape index (κ3) is 1.45. The van der Waals surface area contributed by atoms with E-state index >= 15 is 0 Å². The number of aliphatic imine (C=N–C) groups is 1. The molecule has 0 saturated carbocycles. The average Bonchev–Trinajstić information content (AvgIpc) is 2.61. The number of benzene rings is 1. The zero-order valence-corrected chi connectivity index (χ0v) is 9.94. The van der Waals surface area contributed by atoms with E-state index in [1.165, 1.54) is 5.56 Å². The molecule has 17 heavy (non-hydrogen) atoms. The zero-order chi connectivity index (χ0) is 12.0. The van der Waals surface area contributed by atoms with E-state index in [1.807, 2.05) is 13.3 Å². The summed E-state index contributed by atoms with van der Waals surface area (Å²) in [5.41, 5.74) is 11.4. The summed E-state index contributed by atoms with van der Waals surface area (Å²) in [6.07, 6.45) is 1.84. The second kappa shape index (κ2) is 3.45. The minimum Gasteiger partial charge on any atom is -0.383 e. The van der Waals surface area contributed by atoms with Crippen LogP contribution in [0.25, 0.3) is 5.69 Å². The van der Waals surface area contributed by atoms with Crippen LogP contribution in [0.1, 0.15) is 22.5 Å². The molecule has 0 unspecified atom stereocenters. The number of amidine groups is 1. The standard InChI is InChI=1S/C13H14N4/c1-8-3-4-11-10(5-8)13(14)15-6-12-9(2)16-7-17(11)12/h3-5,7H,6H2,1-2H3,(H2,14,15). The molecule has 0 amide bonds. The second-order valence-electron chi connectivity index (χ2n) is 4.37. The van der Waals surface area contributed by atoms with Gasteiger partial charge in [-0.25, -0.2) is 4.98 Å². The highest BCUT2D eigenvalue weighted by molar-refractivity contribution is 6.01. The molecule has 0 fully saturated rings. The molecule has 0 radical (unpaired) electrons. The van der Waals surface area contributed by atoms with Gasteiger partial charge in [0.1, 0.15) is 5.84 Å². The highest BCUT2D eigenvalue weighted by Gasteiger charge is 2.17. The molecule has 0 aliphatic carbocycles. The molecule has 2 aromatic rings. The Morgan fingerprint density at radius 2 is 2.12 bits per heavy atom. The number of hydrogen-bond donors (Lipinski definition) is 1. The van der Waals surface area contributed by atoms with Gasteiger partial charge < -0.3 is 10.3 Å². The van der Waals surface area contributed by atoms with Crippen LogP contribution < -0.4 is 5.73 Å². The molecule has 86 valence electrons. The molecule has 0 spiro atoms. The monoisotopic (exact) mass is 226 g/mol. The Bertz CT molecular complexity index is 622. The van der Waals surface area contributed by atoms with Crippen LogP contribution in [-0.2, 0) is 6.54 Å². The maximum Gasteiger partial charge on any atom is 0.128 e. The predicted octanol–water partition coefficient (Wildman–Crippen LogP) is 1.71. The number of hydrogen-bond acceptors (Lipinski definition) is 3. The smallest absolute Gasteiger partial charge is 0.128 e. The maximum atomic E-state index is 6.02. The van der Waals surface area contributed by atoms with Gasteiger partial charge in [0.05, 0.1) is 29.9 Å². The number of imidazole rings is 1. The summed E-state index contributed by atoms with van der Waals surface area (Å²) in [6, 6.07) is 6.22. The van der Waals surface area contributed by atoms with E-state index < -0.39 is 0 Å². The Morgan fingerprint density at radius 3 is 2.94 bits per heavy atom. The van der Waals surface area contributed by atoms with E-state index in [2.05, 4.69) is 39.7 Å². The van der Waals surface area contributed by atoms with Crippen molar-refractivity contribution < 1.29 is 0 Å². The van der Waals surface area contributed by atoms with Crippen molar-refractivity contribution in [3.63, 3.8) is 0 Å². The van der Waals surface area contributed by atoms with E-state index in [1.54, 1.807) is 0 Å². The van der Waals surface area contributed by atoms with E-state index in [0.29, 0.717) is 12.4 Å². The van der Waals surface area contributed by atoms with E-state index in [-0.39, 0.29) is 0 Å². The lowest BCUT2D eigenvalue weighted by Gasteiger charge is -2.09. The molecule has 0 saturated heterocycles. The van der Waals surface area contributed by atoms with Crippen LogP contribution in [-0.4, -0.2) is 15.4 Å². The van der Waals surface area contributed by atoms with E-state index in [9.17, 15) is 0 Å². The Morgan fingerprint density at radius 1 is 1.29 bits per heavy atom. The van der Waals surface area contributed by atoms with Crippen LogP contribution in [0.4, 0.5) is 0 Å². The molecule has 0 atom stereocenters. The maximum absolute atomic E-state index is 6.02. The first-order valence-corrected chi connectivity index (χ1v) is 5.61. The SMILES string of the molecule is Cc1ccc2c(c1)C(N)=NCc1c(C)ncn1-2. The van der Waals surface area contributed by atoms with Crippen molar-refractivity contribution in [2.75, 3.05) is 0 Å². The van der Waals surface area contributed by atoms with Crippen LogP contribution in [0.2, 0.25) is 0 Å². The van der Waals surface area contributed by atoms with Crippen LogP contribution >= 0.6 is 0 Å². The van der Waals surface area contributed by atoms with Gasteiger partial charge in [-0.05, 0) is 26.0 Å². The Labute approximate surface area is 99.8 Å². The summed E-state index contributed by atoms with van der Waals surface area (Å²) in [4.78, 5) is 8.75. The molecule has 0 bridgehead atoms. The van der Waals surface area contributed by atoms with Gasteiger partial charge in [0.2, 0.25) is 0 Å². The molecule has 3 rings (SSSR count). The summed E-state index contributed by atoms with van der Waals surface area (Å²) in [5, 5.41) is 0. The van der Waals surface area contributed by atoms with E-state index in [4.69, 9.17) is 5.73 Å². The van der Waals surface area contributed by atoms with Crippen LogP contribution in [0.5, 0.6) is 0 Å². The predicted molar refractivity (Wildman–Crippen MR) is 67.5 cm³/mol. The molecular weight excluding hydrogens is 212 g/mol. The van der Waals surface area contributed by atoms with Gasteiger partial charge in [0, 0.05) is 5.56 Å². The van der Waals surface area contributed by atoms with Crippen molar-refractivity contribution in [3.8, 4) is 5.69 Å². The minimum atomic E-state index is 0.589. The van der Waals surface area contributed by atoms with Crippen LogP contribution in [0.3, 0.4) is 0 Å². The fourth-order valence-corrected chi connectivity index (χ4v) is 2.17. The van der Waals surface area contributed by atoms with Gasteiger partial charge in [-0.2, -0.15) is 0 Å². The van der Waals surface area contributed by atoms with Crippen molar-refractivity contribution >= 4 is 5.84 Å².